The molecule has 0 saturated heterocycles. The number of aryl methyl sites for hydroxylation is 1. The second kappa shape index (κ2) is 5.20. The number of fused-ring (bicyclic) bond motifs is 1. The Labute approximate surface area is 143 Å². The number of benzene rings is 1. The molecule has 0 saturated carbocycles. The van der Waals surface area contributed by atoms with E-state index in [0.29, 0.717) is 22.7 Å². The van der Waals surface area contributed by atoms with Crippen LogP contribution in [0.3, 0.4) is 0 Å². The van der Waals surface area contributed by atoms with Crippen molar-refractivity contribution < 1.29 is 9.53 Å². The number of cyclic esters (lactones) is 1. The number of hydrogen-bond donors (Lipinski definition) is 1. The molecule has 1 atom stereocenters. The fourth-order valence-electron chi connectivity index (χ4n) is 3.60. The standard InChI is InChI=1S/C18H17N3O4/c1-9-6-4-5-7-10(9)12-13-11(8-25-17(13)23)19-15-14(12)16(22)21(3)18(24)20(15)2/h4-7,12,19H,8H2,1-3H3/t12-/m0/s1. The molecule has 1 aromatic heterocycles. The van der Waals surface area contributed by atoms with Crippen molar-refractivity contribution in [2.24, 2.45) is 14.1 Å². The fourth-order valence-corrected chi connectivity index (χ4v) is 3.60. The number of nitrogens with one attached hydrogen (secondary N) is 1. The van der Waals surface area contributed by atoms with Crippen molar-refractivity contribution in [2.75, 3.05) is 11.9 Å². The molecule has 128 valence electrons. The van der Waals surface area contributed by atoms with Gasteiger partial charge in [-0.25, -0.2) is 9.59 Å². The van der Waals surface area contributed by atoms with Crippen LogP contribution in [0.25, 0.3) is 0 Å². The van der Waals surface area contributed by atoms with Gasteiger partial charge in [-0.2, -0.15) is 0 Å². The summed E-state index contributed by atoms with van der Waals surface area (Å²) in [7, 11) is 3.04. The summed E-state index contributed by atoms with van der Waals surface area (Å²) >= 11 is 0. The summed E-state index contributed by atoms with van der Waals surface area (Å²) in [6.07, 6.45) is 0. The normalized spacial score (nSPS) is 18.5. The van der Waals surface area contributed by atoms with Crippen molar-refractivity contribution in [1.82, 2.24) is 9.13 Å². The van der Waals surface area contributed by atoms with Crippen LogP contribution in [-0.2, 0) is 23.6 Å². The highest BCUT2D eigenvalue weighted by Crippen LogP contribution is 2.42. The molecule has 0 amide bonds. The van der Waals surface area contributed by atoms with Crippen LogP contribution >= 0.6 is 0 Å². The molecular weight excluding hydrogens is 322 g/mol. The molecule has 0 aliphatic carbocycles. The molecule has 1 aromatic carbocycles. The molecule has 2 aliphatic rings. The quantitative estimate of drug-likeness (QED) is 0.776. The highest BCUT2D eigenvalue weighted by atomic mass is 16.5. The Hall–Kier alpha value is -3.09. The maximum Gasteiger partial charge on any atom is 0.337 e. The van der Waals surface area contributed by atoms with Crippen LogP contribution in [0.4, 0.5) is 5.82 Å². The summed E-state index contributed by atoms with van der Waals surface area (Å²) in [4.78, 5) is 37.6. The Balaban J connectivity index is 2.12. The number of esters is 1. The lowest BCUT2D eigenvalue weighted by Gasteiger charge is -2.28. The van der Waals surface area contributed by atoms with Crippen LogP contribution in [0.1, 0.15) is 22.6 Å². The molecule has 2 aliphatic heterocycles. The minimum atomic E-state index is -0.562. The second-order valence-electron chi connectivity index (χ2n) is 6.35. The third kappa shape index (κ3) is 2.02. The van der Waals surface area contributed by atoms with E-state index in [9.17, 15) is 14.4 Å². The van der Waals surface area contributed by atoms with E-state index in [4.69, 9.17) is 4.74 Å². The maximum absolute atomic E-state index is 12.9. The highest BCUT2D eigenvalue weighted by Gasteiger charge is 2.41. The zero-order chi connectivity index (χ0) is 17.9. The molecule has 7 nitrogen and oxygen atoms in total. The van der Waals surface area contributed by atoms with E-state index in [1.54, 1.807) is 7.05 Å². The first kappa shape index (κ1) is 15.4. The Bertz CT molecular complexity index is 1070. The lowest BCUT2D eigenvalue weighted by Crippen LogP contribution is -2.43. The predicted molar refractivity (Wildman–Crippen MR) is 91.6 cm³/mol. The number of carbonyl (C=O) groups is 1. The second-order valence-corrected chi connectivity index (χ2v) is 6.35. The van der Waals surface area contributed by atoms with Gasteiger partial charge in [-0.1, -0.05) is 24.3 Å². The number of hydrogen-bond acceptors (Lipinski definition) is 5. The molecule has 0 radical (unpaired) electrons. The predicted octanol–water partition coefficient (Wildman–Crippen LogP) is 0.761. The van der Waals surface area contributed by atoms with Gasteiger partial charge in [0.2, 0.25) is 0 Å². The van der Waals surface area contributed by atoms with E-state index in [1.165, 1.54) is 11.6 Å². The number of rotatable bonds is 1. The minimum Gasteiger partial charge on any atom is -0.456 e. The number of nitrogens with zero attached hydrogens (tertiary/aromatic N) is 2. The summed E-state index contributed by atoms with van der Waals surface area (Å²) in [5.41, 5.74) is 2.41. The SMILES string of the molecule is Cc1ccccc1[C@H]1C2=C(COC2=O)Nc2c1c(=O)n(C)c(=O)n2C. The Morgan fingerprint density at radius 2 is 1.84 bits per heavy atom. The van der Waals surface area contributed by atoms with Gasteiger partial charge in [0.05, 0.1) is 22.8 Å². The molecule has 0 unspecified atom stereocenters. The largest absolute Gasteiger partial charge is 0.456 e. The van der Waals surface area contributed by atoms with Crippen molar-refractivity contribution in [1.29, 1.82) is 0 Å². The highest BCUT2D eigenvalue weighted by molar-refractivity contribution is 5.97. The molecule has 4 rings (SSSR count). The van der Waals surface area contributed by atoms with Gasteiger partial charge < -0.3 is 10.1 Å². The van der Waals surface area contributed by atoms with Crippen LogP contribution in [0, 0.1) is 6.92 Å². The van der Waals surface area contributed by atoms with Crippen LogP contribution < -0.4 is 16.6 Å². The summed E-state index contributed by atoms with van der Waals surface area (Å²) in [5.74, 6) is -0.580. The summed E-state index contributed by atoms with van der Waals surface area (Å²) in [6, 6.07) is 7.61. The first-order valence-corrected chi connectivity index (χ1v) is 7.94. The van der Waals surface area contributed by atoms with Gasteiger partial charge in [-0.05, 0) is 18.1 Å². The summed E-state index contributed by atoms with van der Waals surface area (Å²) < 4.78 is 7.66. The Morgan fingerprint density at radius 1 is 1.12 bits per heavy atom. The Morgan fingerprint density at radius 3 is 2.56 bits per heavy atom. The third-order valence-electron chi connectivity index (χ3n) is 4.94. The fraction of sp³-hybridized carbons (Fsp3) is 0.278. The molecule has 7 heteroatoms. The van der Waals surface area contributed by atoms with E-state index in [0.717, 1.165) is 15.7 Å². The van der Waals surface area contributed by atoms with Gasteiger partial charge in [0.1, 0.15) is 12.4 Å². The van der Waals surface area contributed by atoms with Gasteiger partial charge >= 0.3 is 11.7 Å². The molecule has 1 N–H and O–H groups in total. The molecule has 2 aromatic rings. The first-order chi connectivity index (χ1) is 11.9. The van der Waals surface area contributed by atoms with Crippen molar-refractivity contribution in [3.8, 4) is 0 Å². The van der Waals surface area contributed by atoms with Crippen LogP contribution in [0.5, 0.6) is 0 Å². The number of carbonyl (C=O) groups excluding carboxylic acids is 1. The van der Waals surface area contributed by atoms with E-state index >= 15 is 0 Å². The van der Waals surface area contributed by atoms with Gasteiger partial charge in [-0.3, -0.25) is 13.9 Å². The average molecular weight is 339 g/mol. The molecular formula is C18H17N3O4. The number of aromatic nitrogens is 2. The van der Waals surface area contributed by atoms with Gasteiger partial charge in [-0.15, -0.1) is 0 Å². The number of anilines is 1. The van der Waals surface area contributed by atoms with Crippen LogP contribution in [-0.4, -0.2) is 21.7 Å². The lowest BCUT2D eigenvalue weighted by atomic mass is 9.81. The van der Waals surface area contributed by atoms with Gasteiger partial charge in [0.15, 0.2) is 0 Å². The van der Waals surface area contributed by atoms with E-state index in [-0.39, 0.29) is 6.61 Å². The van der Waals surface area contributed by atoms with E-state index < -0.39 is 23.1 Å². The zero-order valence-corrected chi connectivity index (χ0v) is 14.1. The number of ether oxygens (including phenoxy) is 1. The maximum atomic E-state index is 12.9. The van der Waals surface area contributed by atoms with Gasteiger partial charge in [0.25, 0.3) is 5.56 Å². The minimum absolute atomic E-state index is 0.111. The topological polar surface area (TPSA) is 82.3 Å². The van der Waals surface area contributed by atoms with Gasteiger partial charge in [0, 0.05) is 14.1 Å². The van der Waals surface area contributed by atoms with E-state index in [1.807, 2.05) is 31.2 Å². The van der Waals surface area contributed by atoms with Crippen molar-refractivity contribution in [2.45, 2.75) is 12.8 Å². The first-order valence-electron chi connectivity index (χ1n) is 7.94. The zero-order valence-electron chi connectivity index (χ0n) is 14.1. The smallest absolute Gasteiger partial charge is 0.337 e. The summed E-state index contributed by atoms with van der Waals surface area (Å²) in [5, 5.41) is 3.07. The third-order valence-corrected chi connectivity index (χ3v) is 4.94. The summed E-state index contributed by atoms with van der Waals surface area (Å²) in [6.45, 7) is 2.05. The molecule has 25 heavy (non-hydrogen) atoms. The lowest BCUT2D eigenvalue weighted by molar-refractivity contribution is -0.136. The molecule has 0 bridgehead atoms. The van der Waals surface area contributed by atoms with Crippen LogP contribution in [0.15, 0.2) is 45.1 Å². The van der Waals surface area contributed by atoms with Crippen molar-refractivity contribution in [3.63, 3.8) is 0 Å². The molecule has 3 heterocycles. The van der Waals surface area contributed by atoms with E-state index in [2.05, 4.69) is 5.32 Å². The monoisotopic (exact) mass is 339 g/mol. The molecule has 0 fully saturated rings. The van der Waals surface area contributed by atoms with Crippen LogP contribution in [0.2, 0.25) is 0 Å². The Kier molecular flexibility index (Phi) is 3.21. The average Bonchev–Trinajstić information content (AvgIpc) is 2.98. The van der Waals surface area contributed by atoms with Crippen molar-refractivity contribution >= 4 is 11.8 Å². The molecule has 0 spiro atoms. The van der Waals surface area contributed by atoms with Crippen molar-refractivity contribution in [3.05, 3.63) is 73.1 Å².